The number of unbranched alkanes of at least 4 members (excludes halogenated alkanes) is 1. The van der Waals surface area contributed by atoms with Crippen molar-refractivity contribution in [2.24, 2.45) is 17.8 Å². The number of hydrogen-bond acceptors (Lipinski definition) is 3. The van der Waals surface area contributed by atoms with Crippen molar-refractivity contribution in [2.75, 3.05) is 0 Å². The molecule has 0 saturated heterocycles. The quantitative estimate of drug-likeness (QED) is 0.492. The van der Waals surface area contributed by atoms with Gasteiger partial charge in [0.05, 0.1) is 11.4 Å². The van der Waals surface area contributed by atoms with Gasteiger partial charge >= 0.3 is 0 Å². The summed E-state index contributed by atoms with van der Waals surface area (Å²) in [6.07, 6.45) is 6.20. The molecule has 1 N–H and O–H groups in total. The minimum atomic E-state index is -3.44. The van der Waals surface area contributed by atoms with Crippen LogP contribution in [0.1, 0.15) is 65.4 Å². The first-order valence-corrected chi connectivity index (χ1v) is 13.1. The topological polar surface area (TPSA) is 46.5 Å². The molecular formula is C26H37O3P. The molecule has 2 aromatic carbocycles. The van der Waals surface area contributed by atoms with Crippen molar-refractivity contribution in [3.8, 4) is 5.75 Å². The van der Waals surface area contributed by atoms with Crippen molar-refractivity contribution in [3.63, 3.8) is 0 Å². The van der Waals surface area contributed by atoms with Gasteiger partial charge in [0.25, 0.3) is 7.37 Å². The Bertz CT molecular complexity index is 862. The average Bonchev–Trinajstić information content (AvgIpc) is 2.73. The van der Waals surface area contributed by atoms with Crippen LogP contribution in [-0.4, -0.2) is 11.2 Å². The van der Waals surface area contributed by atoms with Gasteiger partial charge in [0.15, 0.2) is 0 Å². The molecule has 0 bridgehead atoms. The largest absolute Gasteiger partial charge is 0.507 e. The zero-order chi connectivity index (χ0) is 21.7. The molecule has 0 aromatic heterocycles. The van der Waals surface area contributed by atoms with Gasteiger partial charge in [0, 0.05) is 5.30 Å². The number of phenols is 1. The predicted octanol–water partition coefficient (Wildman–Crippen LogP) is 6.44. The summed E-state index contributed by atoms with van der Waals surface area (Å²) < 4.78 is 21.3. The fourth-order valence-corrected chi connectivity index (χ4v) is 7.06. The first-order valence-electron chi connectivity index (χ1n) is 11.5. The number of aromatic hydroxyl groups is 1. The highest BCUT2D eigenvalue weighted by molar-refractivity contribution is 7.74. The molecule has 0 unspecified atom stereocenters. The Balaban J connectivity index is 2.06. The van der Waals surface area contributed by atoms with E-state index in [1.165, 1.54) is 6.42 Å². The van der Waals surface area contributed by atoms with E-state index < -0.39 is 7.37 Å². The molecule has 0 amide bonds. The van der Waals surface area contributed by atoms with Crippen molar-refractivity contribution in [1.82, 2.24) is 0 Å². The number of aryl methyl sites for hydroxylation is 1. The monoisotopic (exact) mass is 428 g/mol. The summed E-state index contributed by atoms with van der Waals surface area (Å²) in [5.74, 6) is 1.46. The first-order chi connectivity index (χ1) is 14.3. The molecule has 30 heavy (non-hydrogen) atoms. The Kier molecular flexibility index (Phi) is 7.82. The van der Waals surface area contributed by atoms with E-state index in [1.807, 2.05) is 42.5 Å². The van der Waals surface area contributed by atoms with Crippen LogP contribution < -0.4 is 10.6 Å². The molecular weight excluding hydrogens is 391 g/mol. The van der Waals surface area contributed by atoms with Crippen molar-refractivity contribution < 1.29 is 14.2 Å². The molecule has 0 aliphatic heterocycles. The molecule has 0 spiro atoms. The minimum absolute atomic E-state index is 0.0624. The van der Waals surface area contributed by atoms with E-state index in [9.17, 15) is 9.67 Å². The molecule has 3 rings (SSSR count). The second kappa shape index (κ2) is 10.2. The Morgan fingerprint density at radius 2 is 1.87 bits per heavy atom. The lowest BCUT2D eigenvalue weighted by Crippen LogP contribution is -2.36. The number of rotatable bonds is 8. The Labute approximate surface area is 182 Å². The molecule has 4 atom stereocenters. The van der Waals surface area contributed by atoms with Crippen molar-refractivity contribution in [3.05, 3.63) is 54.1 Å². The van der Waals surface area contributed by atoms with Gasteiger partial charge in [-0.2, -0.15) is 0 Å². The number of hydrogen-bond donors (Lipinski definition) is 1. The van der Waals surface area contributed by atoms with Gasteiger partial charge in [0.1, 0.15) is 5.75 Å². The van der Waals surface area contributed by atoms with Crippen molar-refractivity contribution in [2.45, 2.75) is 72.3 Å². The van der Waals surface area contributed by atoms with E-state index in [1.54, 1.807) is 6.07 Å². The van der Waals surface area contributed by atoms with Crippen LogP contribution in [0, 0.1) is 17.8 Å². The highest BCUT2D eigenvalue weighted by Gasteiger charge is 2.40. The highest BCUT2D eigenvalue weighted by Crippen LogP contribution is 2.52. The second-order valence-corrected chi connectivity index (χ2v) is 11.6. The summed E-state index contributed by atoms with van der Waals surface area (Å²) in [4.78, 5) is 0. The van der Waals surface area contributed by atoms with Gasteiger partial charge in [-0.15, -0.1) is 0 Å². The molecule has 0 radical (unpaired) electrons. The van der Waals surface area contributed by atoms with Crippen LogP contribution in [-0.2, 0) is 15.5 Å². The molecule has 1 fully saturated rings. The summed E-state index contributed by atoms with van der Waals surface area (Å²) in [6, 6.07) is 15.0. The van der Waals surface area contributed by atoms with Gasteiger partial charge in [-0.05, 0) is 73.3 Å². The lowest BCUT2D eigenvalue weighted by molar-refractivity contribution is 0.0514. The van der Waals surface area contributed by atoms with E-state index in [0.717, 1.165) is 37.7 Å². The van der Waals surface area contributed by atoms with Crippen LogP contribution in [0.25, 0.3) is 0 Å². The lowest BCUT2D eigenvalue weighted by atomic mass is 9.75. The second-order valence-electron chi connectivity index (χ2n) is 9.28. The van der Waals surface area contributed by atoms with Crippen LogP contribution in [0.2, 0.25) is 0 Å². The molecule has 2 aromatic rings. The van der Waals surface area contributed by atoms with Gasteiger partial charge in [-0.1, -0.05) is 64.8 Å². The van der Waals surface area contributed by atoms with Crippen LogP contribution in [0.4, 0.5) is 0 Å². The number of phenolic OH excluding ortho intramolecular Hbond substituents is 1. The third-order valence-corrected chi connectivity index (χ3v) is 9.06. The van der Waals surface area contributed by atoms with E-state index in [4.69, 9.17) is 4.52 Å². The number of benzene rings is 2. The fourth-order valence-electron chi connectivity index (χ4n) is 4.65. The standard InChI is InChI=1S/C26H37O3P/c1-5-6-10-21-14-16-24(27)26(18-21)30(28,22-11-8-7-9-12-22)29-25-17-20(4)13-15-23(25)19(2)3/h7-9,11-12,14,16,18-20,23,25,27H,5-6,10,13,15,17H2,1-4H3/t20-,23+,25-,30-/m1/s1. The van der Waals surface area contributed by atoms with Crippen molar-refractivity contribution in [1.29, 1.82) is 0 Å². The van der Waals surface area contributed by atoms with Crippen LogP contribution in [0.3, 0.4) is 0 Å². The smallest absolute Gasteiger partial charge is 0.265 e. The summed E-state index contributed by atoms with van der Waals surface area (Å²) in [5.41, 5.74) is 1.10. The maximum absolute atomic E-state index is 14.6. The molecule has 0 heterocycles. The Morgan fingerprint density at radius 1 is 1.13 bits per heavy atom. The maximum Gasteiger partial charge on any atom is 0.265 e. The first kappa shape index (κ1) is 23.1. The zero-order valence-corrected chi connectivity index (χ0v) is 19.8. The average molecular weight is 429 g/mol. The highest BCUT2D eigenvalue weighted by atomic mass is 31.2. The molecule has 3 nitrogen and oxygen atoms in total. The van der Waals surface area contributed by atoms with E-state index in [-0.39, 0.29) is 11.9 Å². The van der Waals surface area contributed by atoms with Crippen LogP contribution in [0.5, 0.6) is 5.75 Å². The molecule has 164 valence electrons. The Morgan fingerprint density at radius 3 is 2.53 bits per heavy atom. The maximum atomic E-state index is 14.6. The summed E-state index contributed by atoms with van der Waals surface area (Å²) in [5, 5.41) is 11.9. The molecule has 1 saturated carbocycles. The normalized spacial score (nSPS) is 24.0. The fraction of sp³-hybridized carbons (Fsp3) is 0.538. The predicted molar refractivity (Wildman–Crippen MR) is 126 cm³/mol. The zero-order valence-electron chi connectivity index (χ0n) is 18.9. The van der Waals surface area contributed by atoms with Gasteiger partial charge < -0.3 is 9.63 Å². The van der Waals surface area contributed by atoms with E-state index in [2.05, 4.69) is 27.7 Å². The minimum Gasteiger partial charge on any atom is -0.507 e. The van der Waals surface area contributed by atoms with Crippen LogP contribution >= 0.6 is 7.37 Å². The van der Waals surface area contributed by atoms with Gasteiger partial charge in [-0.25, -0.2) is 0 Å². The van der Waals surface area contributed by atoms with Crippen molar-refractivity contribution >= 4 is 18.0 Å². The third-order valence-electron chi connectivity index (χ3n) is 6.52. The van der Waals surface area contributed by atoms with Crippen LogP contribution in [0.15, 0.2) is 48.5 Å². The molecule has 1 aliphatic rings. The summed E-state index contributed by atoms with van der Waals surface area (Å²) >= 11 is 0. The summed E-state index contributed by atoms with van der Waals surface area (Å²) in [7, 11) is -3.44. The molecule has 4 heteroatoms. The van der Waals surface area contributed by atoms with Gasteiger partial charge in [0.2, 0.25) is 0 Å². The van der Waals surface area contributed by atoms with Gasteiger partial charge in [-0.3, -0.25) is 4.57 Å². The SMILES string of the molecule is CCCCc1ccc(O)c([P@](=O)(O[C@@H]2C[C@H](C)CC[C@H]2C(C)C)c2ccccc2)c1. The summed E-state index contributed by atoms with van der Waals surface area (Å²) in [6.45, 7) is 8.87. The van der Waals surface area contributed by atoms with E-state index in [0.29, 0.717) is 28.4 Å². The molecule has 1 aliphatic carbocycles. The Hall–Kier alpha value is -1.57. The third kappa shape index (κ3) is 5.18. The lowest BCUT2D eigenvalue weighted by Gasteiger charge is -2.39. The van der Waals surface area contributed by atoms with E-state index >= 15 is 0 Å².